The van der Waals surface area contributed by atoms with Crippen LogP contribution >= 0.6 is 11.3 Å². The Morgan fingerprint density at radius 3 is 2.79 bits per heavy atom. The zero-order valence-corrected chi connectivity index (χ0v) is 12.7. The Bertz CT molecular complexity index is 560. The first-order valence-corrected chi connectivity index (χ1v) is 7.92. The second-order valence-electron chi connectivity index (χ2n) is 5.31. The van der Waals surface area contributed by atoms with Gasteiger partial charge in [0.25, 0.3) is 0 Å². The molecule has 1 N–H and O–H groups in total. The summed E-state index contributed by atoms with van der Waals surface area (Å²) in [7, 11) is 0. The molecule has 0 saturated heterocycles. The highest BCUT2D eigenvalue weighted by atomic mass is 32.1. The molecule has 2 aromatic heterocycles. The second-order valence-corrected chi connectivity index (χ2v) is 6.48. The molecule has 0 bridgehead atoms. The molecular formula is C16H21NOS. The molecule has 2 nitrogen and oxygen atoms in total. The van der Waals surface area contributed by atoms with E-state index in [0.717, 1.165) is 18.1 Å². The first-order chi connectivity index (χ1) is 9.19. The van der Waals surface area contributed by atoms with Crippen molar-refractivity contribution in [1.29, 1.82) is 0 Å². The van der Waals surface area contributed by atoms with E-state index in [4.69, 9.17) is 4.42 Å². The second kappa shape index (κ2) is 5.14. The van der Waals surface area contributed by atoms with E-state index in [1.54, 1.807) is 10.4 Å². The molecule has 2 heterocycles. The van der Waals surface area contributed by atoms with Crippen molar-refractivity contribution in [3.63, 3.8) is 0 Å². The minimum Gasteiger partial charge on any atom is -0.466 e. The average Bonchev–Trinajstić information content (AvgIpc) is 3.00. The molecule has 0 fully saturated rings. The fourth-order valence-corrected chi connectivity index (χ4v) is 4.35. The molecule has 3 heteroatoms. The smallest absolute Gasteiger partial charge is 0.106 e. The van der Waals surface area contributed by atoms with E-state index in [9.17, 15) is 0 Å². The Morgan fingerprint density at radius 1 is 1.32 bits per heavy atom. The average molecular weight is 275 g/mol. The normalized spacial score (nSPS) is 15.7. The number of hydrogen-bond donors (Lipinski definition) is 1. The topological polar surface area (TPSA) is 25.2 Å². The zero-order chi connectivity index (χ0) is 13.4. The van der Waals surface area contributed by atoms with Gasteiger partial charge in [0.2, 0.25) is 0 Å². The third kappa shape index (κ3) is 2.37. The number of hydrogen-bond acceptors (Lipinski definition) is 3. The molecule has 1 aliphatic carbocycles. The van der Waals surface area contributed by atoms with Gasteiger partial charge in [-0.15, -0.1) is 11.3 Å². The van der Waals surface area contributed by atoms with Crippen molar-refractivity contribution in [1.82, 2.24) is 5.32 Å². The van der Waals surface area contributed by atoms with E-state index < -0.39 is 0 Å². The van der Waals surface area contributed by atoms with Crippen molar-refractivity contribution in [2.24, 2.45) is 0 Å². The molecule has 0 amide bonds. The molecular weight excluding hydrogens is 254 g/mol. The van der Waals surface area contributed by atoms with Crippen molar-refractivity contribution in [2.45, 2.75) is 46.1 Å². The lowest BCUT2D eigenvalue weighted by atomic mass is 10.0. The Balaban J connectivity index is 1.98. The van der Waals surface area contributed by atoms with Crippen molar-refractivity contribution in [3.8, 4) is 0 Å². The van der Waals surface area contributed by atoms with Crippen LogP contribution in [0.15, 0.2) is 16.5 Å². The lowest BCUT2D eigenvalue weighted by Gasteiger charge is -2.16. The van der Waals surface area contributed by atoms with Crippen molar-refractivity contribution < 1.29 is 4.42 Å². The van der Waals surface area contributed by atoms with Crippen molar-refractivity contribution in [2.75, 3.05) is 6.54 Å². The molecule has 1 atom stereocenters. The monoisotopic (exact) mass is 275 g/mol. The summed E-state index contributed by atoms with van der Waals surface area (Å²) < 4.78 is 5.71. The Kier molecular flexibility index (Phi) is 3.50. The first kappa shape index (κ1) is 12.9. The maximum absolute atomic E-state index is 5.71. The number of thiophene rings is 1. The van der Waals surface area contributed by atoms with E-state index in [1.807, 2.05) is 18.3 Å². The highest BCUT2D eigenvalue weighted by molar-refractivity contribution is 7.12. The largest absolute Gasteiger partial charge is 0.466 e. The quantitative estimate of drug-likeness (QED) is 0.907. The summed E-state index contributed by atoms with van der Waals surface area (Å²) in [5.74, 6) is 2.04. The summed E-state index contributed by atoms with van der Waals surface area (Å²) in [6.45, 7) is 7.22. The minimum absolute atomic E-state index is 0.290. The van der Waals surface area contributed by atoms with Gasteiger partial charge in [0.05, 0.1) is 6.04 Å². The Morgan fingerprint density at radius 2 is 2.16 bits per heavy atom. The molecule has 3 rings (SSSR count). The van der Waals surface area contributed by atoms with Gasteiger partial charge < -0.3 is 9.73 Å². The molecule has 0 aliphatic heterocycles. The first-order valence-electron chi connectivity index (χ1n) is 7.10. The highest BCUT2D eigenvalue weighted by Gasteiger charge is 2.23. The SMILES string of the molecule is CCNC(c1cc2c(s1)CCC2)c1cc(C)oc1C. The number of fused-ring (bicyclic) bond motifs is 1. The van der Waals surface area contributed by atoms with Gasteiger partial charge in [0.1, 0.15) is 11.5 Å². The molecule has 0 spiro atoms. The van der Waals surface area contributed by atoms with Gasteiger partial charge in [0, 0.05) is 15.3 Å². The Hall–Kier alpha value is -1.06. The lowest BCUT2D eigenvalue weighted by molar-refractivity contribution is 0.495. The van der Waals surface area contributed by atoms with Crippen LogP contribution in [-0.2, 0) is 12.8 Å². The fraction of sp³-hybridized carbons (Fsp3) is 0.500. The Labute approximate surface area is 118 Å². The third-order valence-electron chi connectivity index (χ3n) is 3.85. The van der Waals surface area contributed by atoms with Crippen molar-refractivity contribution >= 4 is 11.3 Å². The maximum Gasteiger partial charge on any atom is 0.106 e. The summed E-state index contributed by atoms with van der Waals surface area (Å²) in [5.41, 5.74) is 2.86. The number of furan rings is 1. The van der Waals surface area contributed by atoms with Crippen molar-refractivity contribution in [3.05, 3.63) is 44.5 Å². The molecule has 0 radical (unpaired) electrons. The summed E-state index contributed by atoms with van der Waals surface area (Å²) in [6, 6.07) is 4.87. The molecule has 102 valence electrons. The van der Waals surface area contributed by atoms with E-state index >= 15 is 0 Å². The van der Waals surface area contributed by atoms with E-state index in [0.29, 0.717) is 0 Å². The van der Waals surface area contributed by atoms with Crippen LogP contribution in [0, 0.1) is 13.8 Å². The summed E-state index contributed by atoms with van der Waals surface area (Å²) >= 11 is 1.98. The van der Waals surface area contributed by atoms with Crippen LogP contribution < -0.4 is 5.32 Å². The van der Waals surface area contributed by atoms with Crippen LogP contribution in [0.3, 0.4) is 0 Å². The fourth-order valence-electron chi connectivity index (χ4n) is 3.00. The number of rotatable bonds is 4. The molecule has 0 saturated carbocycles. The van der Waals surface area contributed by atoms with E-state index in [-0.39, 0.29) is 6.04 Å². The van der Waals surface area contributed by atoms with Gasteiger partial charge in [-0.3, -0.25) is 0 Å². The zero-order valence-electron chi connectivity index (χ0n) is 11.9. The van der Waals surface area contributed by atoms with Gasteiger partial charge in [-0.05, 0) is 57.4 Å². The van der Waals surface area contributed by atoms with Gasteiger partial charge in [-0.1, -0.05) is 6.92 Å². The number of nitrogens with one attached hydrogen (secondary N) is 1. The van der Waals surface area contributed by atoms with Crippen LogP contribution in [0.4, 0.5) is 0 Å². The van der Waals surface area contributed by atoms with Crippen LogP contribution in [0.25, 0.3) is 0 Å². The van der Waals surface area contributed by atoms with Crippen LogP contribution in [0.2, 0.25) is 0 Å². The predicted molar refractivity (Wildman–Crippen MR) is 80.0 cm³/mol. The number of aryl methyl sites for hydroxylation is 4. The summed E-state index contributed by atoms with van der Waals surface area (Å²) in [6.07, 6.45) is 3.85. The van der Waals surface area contributed by atoms with Gasteiger partial charge in [-0.2, -0.15) is 0 Å². The molecule has 0 aromatic carbocycles. The van der Waals surface area contributed by atoms with Crippen LogP contribution in [0.5, 0.6) is 0 Å². The highest BCUT2D eigenvalue weighted by Crippen LogP contribution is 2.37. The van der Waals surface area contributed by atoms with Gasteiger partial charge >= 0.3 is 0 Å². The lowest BCUT2D eigenvalue weighted by Crippen LogP contribution is -2.21. The van der Waals surface area contributed by atoms with E-state index in [2.05, 4.69) is 31.3 Å². The molecule has 1 unspecified atom stereocenters. The van der Waals surface area contributed by atoms with Crippen LogP contribution in [0.1, 0.15) is 51.8 Å². The standard InChI is InChI=1S/C16H21NOS/c1-4-17-16(13-8-10(2)18-11(13)3)15-9-12-6-5-7-14(12)19-15/h8-9,16-17H,4-7H2,1-3H3. The maximum atomic E-state index is 5.71. The summed E-state index contributed by atoms with van der Waals surface area (Å²) in [4.78, 5) is 3.03. The third-order valence-corrected chi connectivity index (χ3v) is 5.15. The molecule has 1 aliphatic rings. The molecule has 19 heavy (non-hydrogen) atoms. The van der Waals surface area contributed by atoms with Crippen LogP contribution in [-0.4, -0.2) is 6.54 Å². The van der Waals surface area contributed by atoms with Gasteiger partial charge in [0.15, 0.2) is 0 Å². The minimum atomic E-state index is 0.290. The van der Waals surface area contributed by atoms with Gasteiger partial charge in [-0.25, -0.2) is 0 Å². The summed E-state index contributed by atoms with van der Waals surface area (Å²) in [5, 5.41) is 3.61. The predicted octanol–water partition coefficient (Wildman–Crippen LogP) is 4.15. The molecule has 2 aromatic rings. The van der Waals surface area contributed by atoms with E-state index in [1.165, 1.54) is 29.7 Å².